The van der Waals surface area contributed by atoms with Gasteiger partial charge in [-0.05, 0) is 40.6 Å². The summed E-state index contributed by atoms with van der Waals surface area (Å²) in [5.74, 6) is 0.954. The minimum Gasteiger partial charge on any atom is -0.467 e. The zero-order chi connectivity index (χ0) is 25.0. The molecule has 0 aliphatic carbocycles. The molecule has 3 nitrogen and oxygen atoms in total. The van der Waals surface area contributed by atoms with E-state index in [9.17, 15) is 5.11 Å². The lowest BCUT2D eigenvalue weighted by Crippen LogP contribution is -2.26. The van der Waals surface area contributed by atoms with Crippen molar-refractivity contribution in [1.29, 1.82) is 0 Å². The van der Waals surface area contributed by atoms with Crippen molar-refractivity contribution in [2.24, 2.45) is 0 Å². The van der Waals surface area contributed by atoms with Crippen molar-refractivity contribution >= 4 is 13.9 Å². The number of aliphatic hydroxyl groups excluding tert-OH is 1. The summed E-state index contributed by atoms with van der Waals surface area (Å²) in [6.45, 7) is 20.3. The average molecular weight is 473 g/mol. The highest BCUT2D eigenvalue weighted by Crippen LogP contribution is 2.52. The molecule has 0 bridgehead atoms. The normalized spacial score (nSPS) is 15.6. The van der Waals surface area contributed by atoms with Crippen LogP contribution in [0.25, 0.3) is 0 Å². The van der Waals surface area contributed by atoms with Crippen molar-refractivity contribution in [3.05, 3.63) is 58.7 Å². The van der Waals surface area contributed by atoms with Gasteiger partial charge in [0.2, 0.25) is 0 Å². The molecule has 0 aliphatic heterocycles. The van der Waals surface area contributed by atoms with Gasteiger partial charge in [-0.3, -0.25) is 0 Å². The number of methoxy groups -OCH3 is 1. The van der Waals surface area contributed by atoms with Gasteiger partial charge in [0.05, 0.1) is 6.10 Å². The van der Waals surface area contributed by atoms with Crippen LogP contribution in [0.3, 0.4) is 0 Å². The highest BCUT2D eigenvalue weighted by Gasteiger charge is 2.35. The fraction of sp³-hybridized carbons (Fsp3) is 0.586. The Balaban J connectivity index is 2.84. The van der Waals surface area contributed by atoms with Crippen LogP contribution >= 0.6 is 8.58 Å². The highest BCUT2D eigenvalue weighted by molar-refractivity contribution is 7.48. The van der Waals surface area contributed by atoms with E-state index in [-0.39, 0.29) is 22.8 Å². The van der Waals surface area contributed by atoms with E-state index in [1.54, 1.807) is 7.11 Å². The van der Waals surface area contributed by atoms with E-state index in [2.05, 4.69) is 79.7 Å². The number of hydrogen-bond acceptors (Lipinski definition) is 3. The number of rotatable bonds is 9. The minimum absolute atomic E-state index is 0.0162. The Hall–Kier alpha value is -1.41. The van der Waals surface area contributed by atoms with Gasteiger partial charge in [-0.15, -0.1) is 0 Å². The predicted octanol–water partition coefficient (Wildman–Crippen LogP) is 7.34. The second-order valence-electron chi connectivity index (χ2n) is 11.4. The predicted molar refractivity (Wildman–Crippen MR) is 144 cm³/mol. The fourth-order valence-corrected chi connectivity index (χ4v) is 6.24. The topological polar surface area (TPSA) is 38.7 Å². The molecule has 0 radical (unpaired) electrons. The lowest BCUT2D eigenvalue weighted by molar-refractivity contribution is 0.0486. The van der Waals surface area contributed by atoms with Gasteiger partial charge in [-0.25, -0.2) is 0 Å². The molecule has 3 unspecified atom stereocenters. The third-order valence-electron chi connectivity index (χ3n) is 6.25. The number of ether oxygens (including phenoxy) is 2. The maximum Gasteiger partial charge on any atom is 0.188 e. The molecule has 0 aromatic heterocycles. The summed E-state index contributed by atoms with van der Waals surface area (Å²) in [5.41, 5.74) is 4.74. The van der Waals surface area contributed by atoms with E-state index in [1.807, 2.05) is 19.1 Å². The second kappa shape index (κ2) is 10.9. The smallest absolute Gasteiger partial charge is 0.188 e. The van der Waals surface area contributed by atoms with Gasteiger partial charge in [0, 0.05) is 23.4 Å². The second-order valence-corrected chi connectivity index (χ2v) is 13.3. The quantitative estimate of drug-likeness (QED) is 0.307. The molecule has 2 rings (SSSR count). The van der Waals surface area contributed by atoms with E-state index in [4.69, 9.17) is 9.47 Å². The summed E-state index contributed by atoms with van der Waals surface area (Å²) in [6.07, 6.45) is 1.60. The van der Waals surface area contributed by atoms with Gasteiger partial charge in [-0.2, -0.15) is 0 Å². The first-order chi connectivity index (χ1) is 15.2. The summed E-state index contributed by atoms with van der Waals surface area (Å²) in [5, 5.41) is 11.5. The van der Waals surface area contributed by atoms with Gasteiger partial charge in [0.15, 0.2) is 6.79 Å². The molecule has 0 amide bonds. The number of aliphatic hydroxyl groups is 1. The first-order valence-electron chi connectivity index (χ1n) is 12.1. The monoisotopic (exact) mass is 472 g/mol. The van der Waals surface area contributed by atoms with E-state index >= 15 is 0 Å². The Bertz CT molecular complexity index is 921. The van der Waals surface area contributed by atoms with Crippen molar-refractivity contribution in [3.8, 4) is 5.75 Å². The van der Waals surface area contributed by atoms with E-state index in [0.29, 0.717) is 8.58 Å². The van der Waals surface area contributed by atoms with E-state index in [1.165, 1.54) is 22.0 Å². The molecule has 184 valence electrons. The Kier molecular flexibility index (Phi) is 9.19. The molecule has 33 heavy (non-hydrogen) atoms. The summed E-state index contributed by atoms with van der Waals surface area (Å²) in [4.78, 5) is 0. The molecule has 2 aromatic carbocycles. The molecule has 0 fully saturated rings. The third-order valence-corrected chi connectivity index (χ3v) is 8.05. The van der Waals surface area contributed by atoms with Crippen LogP contribution in [-0.4, -0.2) is 19.0 Å². The van der Waals surface area contributed by atoms with Crippen LogP contribution in [-0.2, 0) is 20.7 Å². The van der Waals surface area contributed by atoms with Crippen LogP contribution in [0.4, 0.5) is 0 Å². The molecular formula is C29H45O3P. The summed E-state index contributed by atoms with van der Waals surface area (Å²) in [7, 11) is 2.18. The molecule has 0 spiro atoms. The van der Waals surface area contributed by atoms with Crippen LogP contribution in [0, 0.1) is 0 Å². The zero-order valence-corrected chi connectivity index (χ0v) is 23.4. The van der Waals surface area contributed by atoms with E-state index in [0.717, 1.165) is 24.2 Å². The van der Waals surface area contributed by atoms with Crippen molar-refractivity contribution in [1.82, 2.24) is 0 Å². The molecule has 1 N–H and O–H groups in total. The molecule has 0 aliphatic rings. The van der Waals surface area contributed by atoms with Gasteiger partial charge >= 0.3 is 0 Å². The van der Waals surface area contributed by atoms with Crippen LogP contribution in [0.15, 0.2) is 36.4 Å². The van der Waals surface area contributed by atoms with Crippen molar-refractivity contribution < 1.29 is 14.6 Å². The molecule has 0 heterocycles. The van der Waals surface area contributed by atoms with Gasteiger partial charge in [0.1, 0.15) is 5.75 Å². The number of benzene rings is 2. The molecular weight excluding hydrogens is 427 g/mol. The summed E-state index contributed by atoms with van der Waals surface area (Å²) in [6, 6.07) is 13.0. The Morgan fingerprint density at radius 2 is 1.55 bits per heavy atom. The molecule has 0 saturated carbocycles. The SMILES string of the molecule is CCCC(C)(Pc1ccccc1C(C)O)c1cc(C(C)(C)C)cc(C(C)(C)C)c1OCOC. The number of hydrogen-bond donors (Lipinski definition) is 1. The molecule has 0 saturated heterocycles. The average Bonchev–Trinajstić information content (AvgIpc) is 2.70. The molecule has 3 atom stereocenters. The largest absolute Gasteiger partial charge is 0.467 e. The van der Waals surface area contributed by atoms with Crippen molar-refractivity contribution in [3.63, 3.8) is 0 Å². The van der Waals surface area contributed by atoms with Gasteiger partial charge in [-0.1, -0.05) is 107 Å². The zero-order valence-electron chi connectivity index (χ0n) is 22.4. The van der Waals surface area contributed by atoms with Crippen LogP contribution in [0.2, 0.25) is 0 Å². The Morgan fingerprint density at radius 3 is 2.06 bits per heavy atom. The van der Waals surface area contributed by atoms with Crippen molar-refractivity contribution in [2.45, 2.75) is 97.2 Å². The van der Waals surface area contributed by atoms with Crippen molar-refractivity contribution in [2.75, 3.05) is 13.9 Å². The summed E-state index contributed by atoms with van der Waals surface area (Å²) >= 11 is 0. The minimum atomic E-state index is -0.491. The maximum atomic E-state index is 10.4. The standard InChI is InChI=1S/C29H45O3P/c1-11-16-29(9,33-25-15-13-12-14-22(25)20(2)30)24-18-21(27(3,4)5)17-23(28(6,7)8)26(24)32-19-31-10/h12-15,17-18,20,30,33H,11,16,19H2,1-10H3. The van der Waals surface area contributed by atoms with Crippen LogP contribution < -0.4 is 10.0 Å². The fourth-order valence-electron chi connectivity index (χ4n) is 4.34. The summed E-state index contributed by atoms with van der Waals surface area (Å²) < 4.78 is 11.7. The molecule has 2 aromatic rings. The maximum absolute atomic E-state index is 10.4. The Labute approximate surface area is 204 Å². The van der Waals surface area contributed by atoms with Gasteiger partial charge < -0.3 is 14.6 Å². The first-order valence-corrected chi connectivity index (χ1v) is 13.1. The lowest BCUT2D eigenvalue weighted by atomic mass is 9.77. The highest BCUT2D eigenvalue weighted by atomic mass is 31.1. The van der Waals surface area contributed by atoms with Crippen LogP contribution in [0.1, 0.15) is 104 Å². The molecule has 4 heteroatoms. The third kappa shape index (κ3) is 6.81. The lowest BCUT2D eigenvalue weighted by Gasteiger charge is -2.37. The van der Waals surface area contributed by atoms with Gasteiger partial charge in [0.25, 0.3) is 0 Å². The van der Waals surface area contributed by atoms with E-state index < -0.39 is 6.10 Å². The van der Waals surface area contributed by atoms with Crippen LogP contribution in [0.5, 0.6) is 5.75 Å². The Morgan fingerprint density at radius 1 is 0.939 bits per heavy atom. The first kappa shape index (κ1) is 27.8.